The van der Waals surface area contributed by atoms with Gasteiger partial charge in [0, 0.05) is 19.6 Å². The first-order valence-electron chi connectivity index (χ1n) is 11.0. The van der Waals surface area contributed by atoms with Gasteiger partial charge in [0.25, 0.3) is 0 Å². The predicted molar refractivity (Wildman–Crippen MR) is 130 cm³/mol. The van der Waals surface area contributed by atoms with Crippen LogP contribution in [-0.4, -0.2) is 55.2 Å². The van der Waals surface area contributed by atoms with Gasteiger partial charge in [-0.15, -0.1) is 0 Å². The molecule has 0 amide bonds. The molecule has 0 saturated carbocycles. The van der Waals surface area contributed by atoms with Gasteiger partial charge in [-0.05, 0) is 43.5 Å². The summed E-state index contributed by atoms with van der Waals surface area (Å²) < 4.78 is 5.10. The molecule has 0 aliphatic heterocycles. The zero-order valence-corrected chi connectivity index (χ0v) is 20.0. The third-order valence-electron chi connectivity index (χ3n) is 4.75. The Balaban J connectivity index is 0.000000973. The molecular weight excluding hydrogens is 422 g/mol. The minimum absolute atomic E-state index is 0.0521. The highest BCUT2D eigenvalue weighted by Gasteiger charge is 2.19. The number of carbonyl (C=O) groups is 3. The summed E-state index contributed by atoms with van der Waals surface area (Å²) in [6, 6.07) is 19.3. The van der Waals surface area contributed by atoms with E-state index in [0.29, 0.717) is 12.9 Å². The molecule has 2 aromatic carbocycles. The number of benzene rings is 2. The fourth-order valence-electron chi connectivity index (χ4n) is 3.04. The fraction of sp³-hybridized carbons (Fsp3) is 0.423. The molecule has 0 heterocycles. The quantitative estimate of drug-likeness (QED) is 0.347. The van der Waals surface area contributed by atoms with Crippen molar-refractivity contribution in [1.82, 2.24) is 5.32 Å². The third kappa shape index (κ3) is 13.2. The van der Waals surface area contributed by atoms with Crippen molar-refractivity contribution in [3.63, 3.8) is 0 Å². The SMILES string of the molecule is CCOC(=O)C(C)CC(Cc1ccc(-c2ccccc2)cc1)NC.CO.O=CCCC(=O)O. The van der Waals surface area contributed by atoms with Crippen LogP contribution in [0.2, 0.25) is 0 Å². The Morgan fingerprint density at radius 2 is 1.61 bits per heavy atom. The van der Waals surface area contributed by atoms with E-state index < -0.39 is 5.97 Å². The molecule has 0 radical (unpaired) electrons. The van der Waals surface area contributed by atoms with E-state index in [1.54, 1.807) is 0 Å². The molecule has 0 aliphatic carbocycles. The van der Waals surface area contributed by atoms with Crippen molar-refractivity contribution in [2.45, 2.75) is 45.6 Å². The Hall–Kier alpha value is -3.03. The largest absolute Gasteiger partial charge is 0.481 e. The maximum Gasteiger partial charge on any atom is 0.308 e. The van der Waals surface area contributed by atoms with Gasteiger partial charge in [0.15, 0.2) is 0 Å². The van der Waals surface area contributed by atoms with Gasteiger partial charge in [0.05, 0.1) is 18.9 Å². The van der Waals surface area contributed by atoms with Crippen LogP contribution in [0.5, 0.6) is 0 Å². The summed E-state index contributed by atoms with van der Waals surface area (Å²) in [6.07, 6.45) is 2.33. The number of esters is 1. The predicted octanol–water partition coefficient (Wildman–Crippen LogP) is 3.73. The van der Waals surface area contributed by atoms with E-state index in [4.69, 9.17) is 14.9 Å². The number of hydrogen-bond donors (Lipinski definition) is 3. The molecule has 2 unspecified atom stereocenters. The van der Waals surface area contributed by atoms with E-state index in [2.05, 4.69) is 53.8 Å². The Morgan fingerprint density at radius 3 is 2.06 bits per heavy atom. The summed E-state index contributed by atoms with van der Waals surface area (Å²) in [7, 11) is 2.95. The highest BCUT2D eigenvalue weighted by Crippen LogP contribution is 2.20. The van der Waals surface area contributed by atoms with Crippen LogP contribution >= 0.6 is 0 Å². The van der Waals surface area contributed by atoms with Gasteiger partial charge in [-0.25, -0.2) is 0 Å². The van der Waals surface area contributed by atoms with Crippen LogP contribution in [0.15, 0.2) is 54.6 Å². The number of carbonyl (C=O) groups excluding carboxylic acids is 2. The van der Waals surface area contributed by atoms with Gasteiger partial charge < -0.3 is 25.1 Å². The summed E-state index contributed by atoms with van der Waals surface area (Å²) in [5, 5.41) is 18.2. The van der Waals surface area contributed by atoms with E-state index in [0.717, 1.165) is 20.0 Å². The highest BCUT2D eigenvalue weighted by molar-refractivity contribution is 5.72. The normalized spacial score (nSPS) is 11.5. The molecule has 3 N–H and O–H groups in total. The van der Waals surface area contributed by atoms with Crippen LogP contribution in [0.4, 0.5) is 0 Å². The van der Waals surface area contributed by atoms with Gasteiger partial charge in [0.2, 0.25) is 0 Å². The lowest BCUT2D eigenvalue weighted by Gasteiger charge is -2.20. The number of aliphatic hydroxyl groups excluding tert-OH is 1. The summed E-state index contributed by atoms with van der Waals surface area (Å²) in [5.74, 6) is -1.13. The first-order valence-corrected chi connectivity index (χ1v) is 11.0. The Kier molecular flexibility index (Phi) is 16.8. The summed E-state index contributed by atoms with van der Waals surface area (Å²) in [4.78, 5) is 30.8. The van der Waals surface area contributed by atoms with Crippen LogP contribution in [0.1, 0.15) is 38.7 Å². The number of aliphatic carboxylic acids is 1. The first kappa shape index (κ1) is 30.0. The maximum atomic E-state index is 11.8. The molecule has 7 heteroatoms. The van der Waals surface area contributed by atoms with Crippen molar-refractivity contribution in [3.05, 3.63) is 60.2 Å². The number of rotatable bonds is 11. The lowest BCUT2D eigenvalue weighted by molar-refractivity contribution is -0.147. The number of aldehydes is 1. The average molecular weight is 460 g/mol. The van der Waals surface area contributed by atoms with Crippen molar-refractivity contribution in [3.8, 4) is 11.1 Å². The van der Waals surface area contributed by atoms with Crippen LogP contribution in [-0.2, 0) is 25.5 Å². The lowest BCUT2D eigenvalue weighted by Crippen LogP contribution is -2.32. The molecule has 2 atom stereocenters. The molecule has 0 bridgehead atoms. The highest BCUT2D eigenvalue weighted by atomic mass is 16.5. The molecule has 0 spiro atoms. The topological polar surface area (TPSA) is 113 Å². The second kappa shape index (κ2) is 18.5. The minimum Gasteiger partial charge on any atom is -0.481 e. The van der Waals surface area contributed by atoms with Gasteiger partial charge in [-0.3, -0.25) is 9.59 Å². The number of nitrogens with one attached hydrogen (secondary N) is 1. The van der Waals surface area contributed by atoms with Crippen molar-refractivity contribution in [2.24, 2.45) is 5.92 Å². The zero-order valence-electron chi connectivity index (χ0n) is 20.0. The van der Waals surface area contributed by atoms with Crippen molar-refractivity contribution in [1.29, 1.82) is 0 Å². The van der Waals surface area contributed by atoms with Crippen LogP contribution in [0, 0.1) is 5.92 Å². The molecule has 33 heavy (non-hydrogen) atoms. The molecule has 2 rings (SSSR count). The Morgan fingerprint density at radius 1 is 1.03 bits per heavy atom. The summed E-state index contributed by atoms with van der Waals surface area (Å²) in [5.41, 5.74) is 3.72. The van der Waals surface area contributed by atoms with Crippen LogP contribution in [0.3, 0.4) is 0 Å². The number of likely N-dealkylation sites (N-methyl/N-ethyl adjacent to an activating group) is 1. The third-order valence-corrected chi connectivity index (χ3v) is 4.75. The summed E-state index contributed by atoms with van der Waals surface area (Å²) >= 11 is 0. The van der Waals surface area contributed by atoms with E-state index in [9.17, 15) is 14.4 Å². The summed E-state index contributed by atoms with van der Waals surface area (Å²) in [6.45, 7) is 4.21. The maximum absolute atomic E-state index is 11.8. The van der Waals surface area contributed by atoms with Crippen molar-refractivity contribution < 1.29 is 29.3 Å². The first-order chi connectivity index (χ1) is 15.9. The smallest absolute Gasteiger partial charge is 0.308 e. The number of aliphatic hydroxyl groups is 1. The molecular formula is C26H37NO6. The number of carboxylic acid groups (broad SMARTS) is 1. The standard InChI is InChI=1S/C21H27NO2.C4H6O3.CH4O/c1-4-24-21(23)16(2)14-20(22-3)15-17-10-12-19(13-11-17)18-8-6-5-7-9-18;5-3-1-2-4(6)7;1-2/h5-13,16,20,22H,4,14-15H2,1-3H3;3H,1-2H2,(H,6,7);2H,1H3. The molecule has 2 aromatic rings. The molecule has 0 aromatic heterocycles. The van der Waals surface area contributed by atoms with Crippen molar-refractivity contribution >= 4 is 18.2 Å². The van der Waals surface area contributed by atoms with Gasteiger partial charge in [-0.1, -0.05) is 61.5 Å². The molecule has 182 valence electrons. The second-order valence-corrected chi connectivity index (χ2v) is 7.24. The Bertz CT molecular complexity index is 792. The Labute approximate surface area is 196 Å². The molecule has 7 nitrogen and oxygen atoms in total. The van der Waals surface area contributed by atoms with E-state index in [1.807, 2.05) is 27.0 Å². The van der Waals surface area contributed by atoms with Gasteiger partial charge in [-0.2, -0.15) is 0 Å². The molecule has 0 saturated heterocycles. The van der Waals surface area contributed by atoms with Gasteiger partial charge in [0.1, 0.15) is 6.29 Å². The molecule has 0 aliphatic rings. The number of hydrogen-bond acceptors (Lipinski definition) is 6. The van der Waals surface area contributed by atoms with Crippen LogP contribution in [0.25, 0.3) is 11.1 Å². The zero-order chi connectivity index (χ0) is 25.1. The van der Waals surface area contributed by atoms with Crippen LogP contribution < -0.4 is 5.32 Å². The van der Waals surface area contributed by atoms with E-state index in [1.165, 1.54) is 16.7 Å². The van der Waals surface area contributed by atoms with E-state index in [-0.39, 0.29) is 30.8 Å². The number of carboxylic acids is 1. The van der Waals surface area contributed by atoms with Crippen molar-refractivity contribution in [2.75, 3.05) is 20.8 Å². The average Bonchev–Trinajstić information content (AvgIpc) is 2.85. The fourth-order valence-corrected chi connectivity index (χ4v) is 3.04. The lowest BCUT2D eigenvalue weighted by atomic mass is 9.95. The minimum atomic E-state index is -0.924. The number of ether oxygens (including phenoxy) is 1. The molecule has 0 fully saturated rings. The second-order valence-electron chi connectivity index (χ2n) is 7.24. The monoisotopic (exact) mass is 459 g/mol. The van der Waals surface area contributed by atoms with E-state index >= 15 is 0 Å². The van der Waals surface area contributed by atoms with Gasteiger partial charge >= 0.3 is 11.9 Å².